The smallest absolute Gasteiger partial charge is 0.319 e. The second kappa shape index (κ2) is 10.1. The van der Waals surface area contributed by atoms with Crippen LogP contribution >= 0.6 is 11.6 Å². The highest BCUT2D eigenvalue weighted by atomic mass is 35.5. The summed E-state index contributed by atoms with van der Waals surface area (Å²) in [5.74, 6) is 0.574. The highest BCUT2D eigenvalue weighted by molar-refractivity contribution is 6.36. The number of anilines is 2. The molecule has 2 bridgehead atoms. The van der Waals surface area contributed by atoms with Crippen LogP contribution in [0.1, 0.15) is 18.4 Å². The van der Waals surface area contributed by atoms with Crippen molar-refractivity contribution in [2.75, 3.05) is 30.3 Å². The number of rotatable bonds is 6. The number of halogens is 2. The first-order chi connectivity index (χ1) is 19.5. The van der Waals surface area contributed by atoms with Crippen LogP contribution in [0, 0.1) is 5.82 Å². The predicted octanol–water partition coefficient (Wildman–Crippen LogP) is 5.18. The number of fused-ring (bicyclic) bond motifs is 4. The third-order valence-corrected chi connectivity index (χ3v) is 8.05. The Morgan fingerprint density at radius 3 is 2.58 bits per heavy atom. The topological polar surface area (TPSA) is 102 Å². The lowest BCUT2D eigenvalue weighted by atomic mass is 10.0. The van der Waals surface area contributed by atoms with Crippen molar-refractivity contribution in [1.29, 1.82) is 0 Å². The monoisotopic (exact) mass is 555 g/mol. The van der Waals surface area contributed by atoms with Crippen LogP contribution in [0.2, 0.25) is 5.02 Å². The van der Waals surface area contributed by atoms with Gasteiger partial charge >= 0.3 is 6.01 Å². The van der Waals surface area contributed by atoms with Gasteiger partial charge in [-0.05, 0) is 35.9 Å². The van der Waals surface area contributed by atoms with Gasteiger partial charge in [0.05, 0.1) is 12.0 Å². The van der Waals surface area contributed by atoms with E-state index in [9.17, 15) is 0 Å². The van der Waals surface area contributed by atoms with Gasteiger partial charge < -0.3 is 20.7 Å². The van der Waals surface area contributed by atoms with Crippen molar-refractivity contribution in [3.63, 3.8) is 0 Å². The van der Waals surface area contributed by atoms with E-state index >= 15 is 4.39 Å². The molecule has 3 aromatic heterocycles. The van der Waals surface area contributed by atoms with Crippen LogP contribution in [0.4, 0.5) is 16.0 Å². The first kappa shape index (κ1) is 24.9. The van der Waals surface area contributed by atoms with E-state index in [-0.39, 0.29) is 17.2 Å². The molecule has 8 nitrogen and oxygen atoms in total. The molecule has 7 rings (SSSR count). The molecule has 5 heterocycles. The number of ether oxygens (including phenoxy) is 1. The largest absolute Gasteiger partial charge is 0.463 e. The molecule has 2 atom stereocenters. The van der Waals surface area contributed by atoms with Gasteiger partial charge in [0, 0.05) is 60.0 Å². The second-order valence-electron chi connectivity index (χ2n) is 10.4. The van der Waals surface area contributed by atoms with E-state index in [2.05, 4.69) is 25.2 Å². The zero-order valence-corrected chi connectivity index (χ0v) is 22.4. The zero-order chi connectivity index (χ0) is 27.2. The molecule has 2 saturated heterocycles. The lowest BCUT2D eigenvalue weighted by Gasteiger charge is -2.34. The van der Waals surface area contributed by atoms with Crippen LogP contribution in [0.15, 0.2) is 60.9 Å². The number of pyridine rings is 2. The SMILES string of the molecule is Nc1ccc(CCOc2nc(N3CC4CCC(C3)N4)c3cnc(-c4cccc5cccc(Cl)c45)c(F)c3n2)cn1. The second-order valence-corrected chi connectivity index (χ2v) is 10.8. The summed E-state index contributed by atoms with van der Waals surface area (Å²) in [6, 6.07) is 15.8. The molecule has 0 spiro atoms. The average Bonchev–Trinajstić information content (AvgIpc) is 3.31. The van der Waals surface area contributed by atoms with Crippen LogP contribution in [0.5, 0.6) is 6.01 Å². The Morgan fingerprint density at radius 2 is 1.80 bits per heavy atom. The number of piperazine rings is 1. The molecule has 2 unspecified atom stereocenters. The normalized spacial score (nSPS) is 18.5. The number of nitrogens with zero attached hydrogens (tertiary/aromatic N) is 5. The summed E-state index contributed by atoms with van der Waals surface area (Å²) in [4.78, 5) is 20.3. The summed E-state index contributed by atoms with van der Waals surface area (Å²) in [7, 11) is 0. The molecule has 2 fully saturated rings. The molecule has 10 heteroatoms. The van der Waals surface area contributed by atoms with Crippen LogP contribution in [0.3, 0.4) is 0 Å². The summed E-state index contributed by atoms with van der Waals surface area (Å²) in [5, 5.41) is 6.39. The lowest BCUT2D eigenvalue weighted by molar-refractivity contribution is 0.297. The van der Waals surface area contributed by atoms with E-state index in [1.54, 1.807) is 24.5 Å². The predicted molar refractivity (Wildman–Crippen MR) is 155 cm³/mol. The van der Waals surface area contributed by atoms with Crippen molar-refractivity contribution < 1.29 is 9.13 Å². The van der Waals surface area contributed by atoms with E-state index in [0.717, 1.165) is 42.3 Å². The highest BCUT2D eigenvalue weighted by Crippen LogP contribution is 2.38. The molecular formula is C30H27ClFN7O. The van der Waals surface area contributed by atoms with E-state index in [1.807, 2.05) is 36.4 Å². The minimum Gasteiger partial charge on any atom is -0.463 e. The third kappa shape index (κ3) is 4.55. The number of nitrogens with two attached hydrogens (primary N) is 1. The Morgan fingerprint density at radius 1 is 1.00 bits per heavy atom. The Hall–Kier alpha value is -4.08. The van der Waals surface area contributed by atoms with E-state index in [0.29, 0.717) is 52.7 Å². The molecule has 0 aliphatic carbocycles. The molecule has 0 saturated carbocycles. The maximum Gasteiger partial charge on any atom is 0.319 e. The first-order valence-corrected chi connectivity index (χ1v) is 13.8. The average molecular weight is 556 g/mol. The Labute approximate surface area is 235 Å². The summed E-state index contributed by atoms with van der Waals surface area (Å²) in [5.41, 5.74) is 7.65. The van der Waals surface area contributed by atoms with Gasteiger partial charge in [0.25, 0.3) is 0 Å². The Kier molecular flexibility index (Phi) is 6.32. The van der Waals surface area contributed by atoms with Crippen molar-refractivity contribution in [2.45, 2.75) is 31.3 Å². The van der Waals surface area contributed by atoms with Crippen LogP contribution in [-0.2, 0) is 6.42 Å². The summed E-state index contributed by atoms with van der Waals surface area (Å²) >= 11 is 6.56. The Balaban J connectivity index is 1.31. The van der Waals surface area contributed by atoms with Gasteiger partial charge in [0.1, 0.15) is 22.8 Å². The van der Waals surface area contributed by atoms with Gasteiger partial charge in [0.15, 0.2) is 5.82 Å². The summed E-state index contributed by atoms with van der Waals surface area (Å²) in [6.07, 6.45) is 6.20. The lowest BCUT2D eigenvalue weighted by Crippen LogP contribution is -2.51. The van der Waals surface area contributed by atoms with Gasteiger partial charge in [-0.25, -0.2) is 9.37 Å². The summed E-state index contributed by atoms with van der Waals surface area (Å²) < 4.78 is 22.4. The van der Waals surface area contributed by atoms with Crippen LogP contribution in [-0.4, -0.2) is 51.7 Å². The van der Waals surface area contributed by atoms with Gasteiger partial charge in [-0.3, -0.25) is 4.98 Å². The number of nitrogen functional groups attached to an aromatic ring is 1. The minimum atomic E-state index is -0.528. The van der Waals surface area contributed by atoms with Crippen molar-refractivity contribution in [1.82, 2.24) is 25.3 Å². The molecule has 2 aliphatic rings. The van der Waals surface area contributed by atoms with Crippen LogP contribution in [0.25, 0.3) is 32.9 Å². The van der Waals surface area contributed by atoms with Gasteiger partial charge in [-0.15, -0.1) is 0 Å². The molecule has 3 N–H and O–H groups in total. The third-order valence-electron chi connectivity index (χ3n) is 7.74. The quantitative estimate of drug-likeness (QED) is 0.296. The van der Waals surface area contributed by atoms with Crippen molar-refractivity contribution in [3.05, 3.63) is 77.3 Å². The van der Waals surface area contributed by atoms with Gasteiger partial charge in [-0.1, -0.05) is 48.0 Å². The van der Waals surface area contributed by atoms with Crippen molar-refractivity contribution >= 4 is 44.9 Å². The van der Waals surface area contributed by atoms with Gasteiger partial charge in [-0.2, -0.15) is 9.97 Å². The van der Waals surface area contributed by atoms with E-state index in [1.165, 1.54) is 0 Å². The van der Waals surface area contributed by atoms with Crippen molar-refractivity contribution in [2.24, 2.45) is 0 Å². The minimum absolute atomic E-state index is 0.129. The number of benzene rings is 2. The number of hydrogen-bond donors (Lipinski definition) is 2. The number of aromatic nitrogens is 4. The fraction of sp³-hybridized carbons (Fsp3) is 0.267. The van der Waals surface area contributed by atoms with Crippen LogP contribution < -0.4 is 20.7 Å². The number of nitrogens with one attached hydrogen (secondary N) is 1. The number of hydrogen-bond acceptors (Lipinski definition) is 8. The molecular weight excluding hydrogens is 529 g/mol. The van der Waals surface area contributed by atoms with E-state index < -0.39 is 5.82 Å². The molecule has 0 radical (unpaired) electrons. The maximum atomic E-state index is 16.4. The molecule has 2 aromatic carbocycles. The first-order valence-electron chi connectivity index (χ1n) is 13.4. The summed E-state index contributed by atoms with van der Waals surface area (Å²) in [6.45, 7) is 1.87. The van der Waals surface area contributed by atoms with Crippen molar-refractivity contribution in [3.8, 4) is 17.3 Å². The van der Waals surface area contributed by atoms with E-state index in [4.69, 9.17) is 27.1 Å². The molecule has 5 aromatic rings. The fourth-order valence-corrected chi connectivity index (χ4v) is 6.11. The highest BCUT2D eigenvalue weighted by Gasteiger charge is 2.34. The Bertz CT molecular complexity index is 1710. The molecule has 40 heavy (non-hydrogen) atoms. The fourth-order valence-electron chi connectivity index (χ4n) is 5.82. The van der Waals surface area contributed by atoms with Gasteiger partial charge in [0.2, 0.25) is 0 Å². The standard InChI is InChI=1S/C30H27ClFN7O/c31-23-6-2-4-18-3-1-5-21(25(18)23)27-26(32)28-22(14-35-27)29(39-15-19-8-9-20(16-39)36-19)38-30(37-28)40-12-11-17-7-10-24(33)34-13-17/h1-7,10,13-14,19-20,36H,8-9,11-12,15-16H2,(H2,33,34). The molecule has 202 valence electrons. The maximum absolute atomic E-state index is 16.4. The zero-order valence-electron chi connectivity index (χ0n) is 21.6. The molecule has 0 amide bonds. The molecule has 2 aliphatic heterocycles.